The van der Waals surface area contributed by atoms with E-state index in [9.17, 15) is 9.59 Å². The van der Waals surface area contributed by atoms with Gasteiger partial charge >= 0.3 is 12.0 Å². The van der Waals surface area contributed by atoms with Crippen LogP contribution in [-0.2, 0) is 17.6 Å². The molecule has 5 nitrogen and oxygen atoms in total. The topological polar surface area (TPSA) is 69.6 Å². The van der Waals surface area contributed by atoms with Crippen LogP contribution < -0.4 is 5.32 Å². The first-order valence-corrected chi connectivity index (χ1v) is 9.80. The van der Waals surface area contributed by atoms with Crippen molar-refractivity contribution >= 4 is 23.3 Å². The van der Waals surface area contributed by atoms with Gasteiger partial charge in [-0.15, -0.1) is 11.3 Å². The quantitative estimate of drug-likeness (QED) is 0.665. The second kappa shape index (κ2) is 10.6. The summed E-state index contributed by atoms with van der Waals surface area (Å²) in [4.78, 5) is 26.6. The Hall–Kier alpha value is -2.34. The molecule has 140 valence electrons. The molecule has 1 unspecified atom stereocenters. The molecule has 26 heavy (non-hydrogen) atoms. The predicted octanol–water partition coefficient (Wildman–Crippen LogP) is 3.80. The van der Waals surface area contributed by atoms with Crippen molar-refractivity contribution in [3.63, 3.8) is 0 Å². The normalized spacial score (nSPS) is 11.7. The maximum absolute atomic E-state index is 12.6. The maximum Gasteiger partial charge on any atom is 0.317 e. The zero-order valence-electron chi connectivity index (χ0n) is 15.1. The second-order valence-corrected chi connectivity index (χ2v) is 7.21. The summed E-state index contributed by atoms with van der Waals surface area (Å²) in [6.07, 6.45) is 1.91. The van der Waals surface area contributed by atoms with Gasteiger partial charge in [0, 0.05) is 30.4 Å². The van der Waals surface area contributed by atoms with Crippen molar-refractivity contribution < 1.29 is 14.7 Å². The van der Waals surface area contributed by atoms with Crippen LogP contribution in [0.25, 0.3) is 0 Å². The molecule has 0 radical (unpaired) electrons. The highest BCUT2D eigenvalue weighted by atomic mass is 32.1. The summed E-state index contributed by atoms with van der Waals surface area (Å²) < 4.78 is 0. The number of carboxylic acid groups (broad SMARTS) is 1. The van der Waals surface area contributed by atoms with Crippen molar-refractivity contribution in [1.29, 1.82) is 0 Å². The summed E-state index contributed by atoms with van der Waals surface area (Å²) >= 11 is 1.69. The van der Waals surface area contributed by atoms with Gasteiger partial charge in [-0.05, 0) is 43.2 Å². The molecule has 0 bridgehead atoms. The minimum Gasteiger partial charge on any atom is -0.481 e. The smallest absolute Gasteiger partial charge is 0.317 e. The lowest BCUT2D eigenvalue weighted by atomic mass is 10.0. The van der Waals surface area contributed by atoms with Crippen LogP contribution in [0.2, 0.25) is 0 Å². The van der Waals surface area contributed by atoms with Crippen LogP contribution in [0.5, 0.6) is 0 Å². The molecule has 0 aliphatic rings. The van der Waals surface area contributed by atoms with Gasteiger partial charge in [0.25, 0.3) is 0 Å². The highest BCUT2D eigenvalue weighted by Crippen LogP contribution is 2.11. The highest BCUT2D eigenvalue weighted by molar-refractivity contribution is 7.09. The van der Waals surface area contributed by atoms with E-state index in [2.05, 4.69) is 11.4 Å². The third-order valence-corrected chi connectivity index (χ3v) is 5.17. The minimum atomic E-state index is -0.845. The van der Waals surface area contributed by atoms with Crippen LogP contribution in [0.1, 0.15) is 30.2 Å². The monoisotopic (exact) mass is 374 g/mol. The number of benzene rings is 1. The number of hydrogen-bond donors (Lipinski definition) is 2. The Bertz CT molecular complexity index is 674. The summed E-state index contributed by atoms with van der Waals surface area (Å²) in [5.74, 6) is -0.845. The molecule has 0 aliphatic carbocycles. The summed E-state index contributed by atoms with van der Waals surface area (Å²) in [7, 11) is 0. The summed E-state index contributed by atoms with van der Waals surface area (Å²) in [6, 6.07) is 13.6. The zero-order chi connectivity index (χ0) is 18.8. The number of amides is 2. The number of rotatable bonds is 10. The lowest BCUT2D eigenvalue weighted by Gasteiger charge is -2.25. The number of thiophene rings is 1. The molecule has 1 heterocycles. The van der Waals surface area contributed by atoms with Crippen LogP contribution in [0.15, 0.2) is 47.8 Å². The fraction of sp³-hybridized carbons (Fsp3) is 0.400. The third kappa shape index (κ3) is 6.88. The van der Waals surface area contributed by atoms with Gasteiger partial charge in [-0.25, -0.2) is 4.79 Å². The molecule has 2 rings (SSSR count). The Morgan fingerprint density at radius 2 is 1.96 bits per heavy atom. The van der Waals surface area contributed by atoms with E-state index in [-0.39, 0.29) is 18.5 Å². The number of hydrogen-bond acceptors (Lipinski definition) is 3. The minimum absolute atomic E-state index is 0.0408. The third-order valence-electron chi connectivity index (χ3n) is 4.24. The summed E-state index contributed by atoms with van der Waals surface area (Å²) in [5, 5.41) is 14.1. The maximum atomic E-state index is 12.6. The van der Waals surface area contributed by atoms with Crippen LogP contribution in [0, 0.1) is 0 Å². The molecule has 0 saturated carbocycles. The van der Waals surface area contributed by atoms with Crippen LogP contribution in [0.3, 0.4) is 0 Å². The van der Waals surface area contributed by atoms with Crippen LogP contribution >= 0.6 is 11.3 Å². The predicted molar refractivity (Wildman–Crippen MR) is 105 cm³/mol. The largest absolute Gasteiger partial charge is 0.481 e. The van der Waals surface area contributed by atoms with E-state index >= 15 is 0 Å². The Balaban J connectivity index is 1.94. The summed E-state index contributed by atoms with van der Waals surface area (Å²) in [5.41, 5.74) is 1.09. The Kier molecular flexibility index (Phi) is 8.15. The van der Waals surface area contributed by atoms with Gasteiger partial charge in [0.1, 0.15) is 0 Å². The molecule has 0 saturated heterocycles. The number of carboxylic acids is 1. The van der Waals surface area contributed by atoms with Crippen molar-refractivity contribution in [1.82, 2.24) is 10.2 Å². The average Bonchev–Trinajstić information content (AvgIpc) is 3.14. The summed E-state index contributed by atoms with van der Waals surface area (Å²) in [6.45, 7) is 3.23. The zero-order valence-corrected chi connectivity index (χ0v) is 15.9. The first kappa shape index (κ1) is 20.0. The molecule has 2 aromatic rings. The van der Waals surface area contributed by atoms with Crippen LogP contribution in [0.4, 0.5) is 4.79 Å². The lowest BCUT2D eigenvalue weighted by molar-refractivity contribution is -0.137. The van der Waals surface area contributed by atoms with Gasteiger partial charge in [-0.1, -0.05) is 36.4 Å². The van der Waals surface area contributed by atoms with E-state index in [1.165, 1.54) is 4.88 Å². The van der Waals surface area contributed by atoms with E-state index in [1.807, 2.05) is 48.7 Å². The molecule has 0 aliphatic heterocycles. The van der Waals surface area contributed by atoms with Crippen molar-refractivity contribution in [3.05, 3.63) is 58.3 Å². The molecule has 0 fully saturated rings. The van der Waals surface area contributed by atoms with E-state index in [4.69, 9.17) is 5.11 Å². The fourth-order valence-electron chi connectivity index (χ4n) is 2.79. The molecular formula is C20H26N2O3S. The molecular weight excluding hydrogens is 348 g/mol. The van der Waals surface area contributed by atoms with Gasteiger partial charge in [0.05, 0.1) is 0 Å². The molecule has 1 aromatic carbocycles. The van der Waals surface area contributed by atoms with Gasteiger partial charge in [0.15, 0.2) is 0 Å². The molecule has 1 atom stereocenters. The molecule has 2 amide bonds. The number of likely N-dealkylation sites (N-methyl/N-ethyl adjacent to an activating group) is 1. The van der Waals surface area contributed by atoms with E-state index < -0.39 is 5.97 Å². The average molecular weight is 375 g/mol. The van der Waals surface area contributed by atoms with Crippen molar-refractivity contribution in [2.45, 2.75) is 38.6 Å². The number of nitrogens with zero attached hydrogens (tertiary/aromatic N) is 1. The first-order chi connectivity index (χ1) is 12.6. The Labute approximate surface area is 158 Å². The number of carbonyl (C=O) groups is 2. The van der Waals surface area contributed by atoms with Crippen molar-refractivity contribution in [3.8, 4) is 0 Å². The van der Waals surface area contributed by atoms with Gasteiger partial charge in [-0.3, -0.25) is 4.79 Å². The van der Waals surface area contributed by atoms with E-state index in [0.29, 0.717) is 25.9 Å². The fourth-order valence-corrected chi connectivity index (χ4v) is 3.49. The molecule has 1 aromatic heterocycles. The van der Waals surface area contributed by atoms with Gasteiger partial charge < -0.3 is 15.3 Å². The van der Waals surface area contributed by atoms with E-state index in [0.717, 1.165) is 12.0 Å². The lowest BCUT2D eigenvalue weighted by Crippen LogP contribution is -2.46. The van der Waals surface area contributed by atoms with Gasteiger partial charge in [0.2, 0.25) is 0 Å². The van der Waals surface area contributed by atoms with Crippen LogP contribution in [-0.4, -0.2) is 41.1 Å². The molecule has 0 spiro atoms. The Morgan fingerprint density at radius 3 is 2.58 bits per heavy atom. The van der Waals surface area contributed by atoms with Gasteiger partial charge in [-0.2, -0.15) is 0 Å². The standard InChI is InChI=1S/C20H26N2O3S/c1-2-22(13-12-18-9-6-14-26-18)20(25)21-17(10-11-19(23)24)15-16-7-4-3-5-8-16/h3-9,14,17H,2,10-13,15H2,1H3,(H,21,25)(H,23,24). The van der Waals surface area contributed by atoms with Crippen molar-refractivity contribution in [2.24, 2.45) is 0 Å². The molecule has 2 N–H and O–H groups in total. The van der Waals surface area contributed by atoms with Crippen molar-refractivity contribution in [2.75, 3.05) is 13.1 Å². The Morgan fingerprint density at radius 1 is 1.19 bits per heavy atom. The number of nitrogens with one attached hydrogen (secondary N) is 1. The second-order valence-electron chi connectivity index (χ2n) is 6.18. The first-order valence-electron chi connectivity index (χ1n) is 8.92. The SMILES string of the molecule is CCN(CCc1cccs1)C(=O)NC(CCC(=O)O)Cc1ccccc1. The van der Waals surface area contributed by atoms with E-state index in [1.54, 1.807) is 16.2 Å². The number of carbonyl (C=O) groups excluding carboxylic acids is 1. The number of urea groups is 1. The molecule has 6 heteroatoms. The highest BCUT2D eigenvalue weighted by Gasteiger charge is 2.18. The number of aliphatic carboxylic acids is 1.